The third kappa shape index (κ3) is 2.86. The van der Waals surface area contributed by atoms with Gasteiger partial charge in [-0.05, 0) is 18.6 Å². The molecule has 0 bridgehead atoms. The normalized spacial score (nSPS) is 20.7. The van der Waals surface area contributed by atoms with Gasteiger partial charge in [0.1, 0.15) is 11.9 Å². The lowest BCUT2D eigenvalue weighted by molar-refractivity contribution is -0.187. The number of carbonyl (C=O) groups is 1. The Balaban J connectivity index is 2.11. The van der Waals surface area contributed by atoms with Crippen LogP contribution in [-0.2, 0) is 4.79 Å². The number of hydrogen-bond donors (Lipinski definition) is 1. The molecule has 0 aliphatic carbocycles. The van der Waals surface area contributed by atoms with Gasteiger partial charge >= 0.3 is 12.1 Å². The minimum Gasteiger partial charge on any atom is -0.481 e. The number of nitriles is 1. The van der Waals surface area contributed by atoms with Crippen molar-refractivity contribution in [2.45, 2.75) is 13.1 Å². The molecule has 130 valence electrons. The minimum atomic E-state index is -4.63. The number of alkyl halides is 3. The Bertz CT molecular complexity index is 889. The molecule has 8 heteroatoms. The number of anilines is 1. The molecule has 1 N–H and O–H groups in total. The van der Waals surface area contributed by atoms with Crippen LogP contribution in [0.3, 0.4) is 0 Å². The number of nitrogens with zero attached hydrogens (tertiary/aromatic N) is 3. The lowest BCUT2D eigenvalue weighted by Crippen LogP contribution is -2.33. The maximum atomic E-state index is 13.2. The number of fused-ring (bicyclic) bond motifs is 1. The monoisotopic (exact) mass is 349 g/mol. The highest BCUT2D eigenvalue weighted by Crippen LogP contribution is 2.40. The van der Waals surface area contributed by atoms with Gasteiger partial charge in [-0.3, -0.25) is 4.79 Å². The second-order valence-corrected chi connectivity index (χ2v) is 6.06. The Morgan fingerprint density at radius 3 is 2.60 bits per heavy atom. The molecule has 0 amide bonds. The van der Waals surface area contributed by atoms with Crippen molar-refractivity contribution in [1.29, 1.82) is 5.26 Å². The van der Waals surface area contributed by atoms with Gasteiger partial charge in [-0.1, -0.05) is 18.2 Å². The zero-order valence-corrected chi connectivity index (χ0v) is 13.2. The summed E-state index contributed by atoms with van der Waals surface area (Å²) in [7, 11) is 0. The van der Waals surface area contributed by atoms with E-state index in [1.807, 2.05) is 6.07 Å². The zero-order valence-electron chi connectivity index (χ0n) is 13.2. The number of benzene rings is 1. The van der Waals surface area contributed by atoms with Gasteiger partial charge in [-0.2, -0.15) is 18.4 Å². The number of aliphatic carboxylic acids is 1. The van der Waals surface area contributed by atoms with E-state index in [9.17, 15) is 23.2 Å². The Labute approximate surface area is 141 Å². The molecule has 1 aliphatic heterocycles. The maximum absolute atomic E-state index is 13.2. The zero-order chi connectivity index (χ0) is 18.4. The summed E-state index contributed by atoms with van der Waals surface area (Å²) in [5, 5.41) is 19.4. The van der Waals surface area contributed by atoms with Gasteiger partial charge in [-0.15, -0.1) is 0 Å². The van der Waals surface area contributed by atoms with E-state index in [4.69, 9.17) is 5.11 Å². The summed E-state index contributed by atoms with van der Waals surface area (Å²) < 4.78 is 39.6. The van der Waals surface area contributed by atoms with Crippen LogP contribution >= 0.6 is 0 Å². The highest BCUT2D eigenvalue weighted by molar-refractivity contribution is 5.87. The first-order chi connectivity index (χ1) is 11.7. The van der Waals surface area contributed by atoms with E-state index in [2.05, 4.69) is 4.98 Å². The van der Waals surface area contributed by atoms with Gasteiger partial charge < -0.3 is 10.0 Å². The fourth-order valence-electron chi connectivity index (χ4n) is 3.28. The average Bonchev–Trinajstić information content (AvgIpc) is 3.00. The van der Waals surface area contributed by atoms with Crippen LogP contribution in [0.5, 0.6) is 0 Å². The second kappa shape index (κ2) is 5.92. The summed E-state index contributed by atoms with van der Waals surface area (Å²) in [6.45, 7) is 0.844. The van der Waals surface area contributed by atoms with Crippen LogP contribution in [0.4, 0.5) is 19.0 Å². The topological polar surface area (TPSA) is 77.2 Å². The van der Waals surface area contributed by atoms with Gasteiger partial charge in [0.05, 0.1) is 22.9 Å². The molecular weight excluding hydrogens is 335 g/mol. The molecule has 2 heterocycles. The van der Waals surface area contributed by atoms with Crippen LogP contribution in [0.1, 0.15) is 11.1 Å². The fraction of sp³-hybridized carbons (Fsp3) is 0.353. The summed E-state index contributed by atoms with van der Waals surface area (Å²) >= 11 is 0. The van der Waals surface area contributed by atoms with Crippen molar-refractivity contribution in [2.75, 3.05) is 18.0 Å². The summed E-state index contributed by atoms with van der Waals surface area (Å²) in [6.07, 6.45) is -4.63. The predicted molar refractivity (Wildman–Crippen MR) is 84.1 cm³/mol. The molecule has 1 fully saturated rings. The third-order valence-electron chi connectivity index (χ3n) is 4.60. The van der Waals surface area contributed by atoms with Crippen molar-refractivity contribution in [3.8, 4) is 6.07 Å². The lowest BCUT2D eigenvalue weighted by Gasteiger charge is -2.21. The summed E-state index contributed by atoms with van der Waals surface area (Å²) in [5.74, 6) is -4.97. The molecule has 0 unspecified atom stereocenters. The summed E-state index contributed by atoms with van der Waals surface area (Å²) in [4.78, 5) is 16.9. The van der Waals surface area contributed by atoms with E-state index in [-0.39, 0.29) is 17.9 Å². The van der Waals surface area contributed by atoms with Gasteiger partial charge in [0, 0.05) is 18.5 Å². The van der Waals surface area contributed by atoms with E-state index in [1.54, 1.807) is 31.2 Å². The van der Waals surface area contributed by atoms with Crippen molar-refractivity contribution in [1.82, 2.24) is 4.98 Å². The minimum absolute atomic E-state index is 0.108. The van der Waals surface area contributed by atoms with E-state index in [0.717, 1.165) is 5.39 Å². The van der Waals surface area contributed by atoms with Gasteiger partial charge in [0.25, 0.3) is 0 Å². The highest BCUT2D eigenvalue weighted by atomic mass is 19.4. The van der Waals surface area contributed by atoms with Crippen molar-refractivity contribution in [3.63, 3.8) is 0 Å². The highest BCUT2D eigenvalue weighted by Gasteiger charge is 2.53. The first kappa shape index (κ1) is 17.0. The molecule has 2 atom stereocenters. The standard InChI is InChI=1S/C17H14F3N3O2/c1-9-10-4-2-3-5-14(10)22-15(11(9)6-21)23-7-12(16(24)25)13(8-23)17(18,19)20/h2-5,12-13H,7-8H2,1H3,(H,24,25)/t12-,13-/m1/s1. The van der Waals surface area contributed by atoms with Crippen LogP contribution in [0.2, 0.25) is 0 Å². The van der Waals surface area contributed by atoms with Crippen LogP contribution in [-0.4, -0.2) is 35.3 Å². The molecule has 1 aliphatic rings. The molecular formula is C17H14F3N3O2. The van der Waals surface area contributed by atoms with Gasteiger partial charge in [0.15, 0.2) is 0 Å². The van der Waals surface area contributed by atoms with Gasteiger partial charge in [0.2, 0.25) is 0 Å². The van der Waals surface area contributed by atoms with E-state index < -0.39 is 30.5 Å². The number of rotatable bonds is 2. The average molecular weight is 349 g/mol. The van der Waals surface area contributed by atoms with Crippen molar-refractivity contribution >= 4 is 22.7 Å². The van der Waals surface area contributed by atoms with Crippen LogP contribution in [0, 0.1) is 30.1 Å². The Hall–Kier alpha value is -2.82. The predicted octanol–water partition coefficient (Wildman–Crippen LogP) is 3.11. The molecule has 5 nitrogen and oxygen atoms in total. The number of aryl methyl sites for hydroxylation is 1. The molecule has 2 aromatic rings. The van der Waals surface area contributed by atoms with Crippen LogP contribution in [0.25, 0.3) is 10.9 Å². The SMILES string of the molecule is Cc1c(C#N)c(N2C[C@@H](C(F)(F)F)[C@H](C(=O)O)C2)nc2ccccc12. The van der Waals surface area contributed by atoms with Crippen molar-refractivity contribution < 1.29 is 23.1 Å². The molecule has 0 radical (unpaired) electrons. The molecule has 0 saturated carbocycles. The lowest BCUT2D eigenvalue weighted by atomic mass is 9.96. The number of carboxylic acid groups (broad SMARTS) is 1. The first-order valence-electron chi connectivity index (χ1n) is 7.58. The van der Waals surface area contributed by atoms with E-state index in [1.165, 1.54) is 4.90 Å². The molecule has 1 saturated heterocycles. The number of halogens is 3. The first-order valence-corrected chi connectivity index (χ1v) is 7.58. The number of carboxylic acids is 1. The van der Waals surface area contributed by atoms with Crippen LogP contribution in [0.15, 0.2) is 24.3 Å². The van der Waals surface area contributed by atoms with Crippen molar-refractivity contribution in [2.24, 2.45) is 11.8 Å². The van der Waals surface area contributed by atoms with Crippen LogP contribution < -0.4 is 4.90 Å². The van der Waals surface area contributed by atoms with Gasteiger partial charge in [-0.25, -0.2) is 4.98 Å². The molecule has 3 rings (SSSR count). The largest absolute Gasteiger partial charge is 0.481 e. The smallest absolute Gasteiger partial charge is 0.394 e. The van der Waals surface area contributed by atoms with E-state index >= 15 is 0 Å². The number of aromatic nitrogens is 1. The number of hydrogen-bond acceptors (Lipinski definition) is 4. The second-order valence-electron chi connectivity index (χ2n) is 6.06. The third-order valence-corrected chi connectivity index (χ3v) is 4.60. The van der Waals surface area contributed by atoms with Crippen molar-refractivity contribution in [3.05, 3.63) is 35.4 Å². The molecule has 1 aromatic heterocycles. The molecule has 0 spiro atoms. The Kier molecular flexibility index (Phi) is 4.03. The van der Waals surface area contributed by atoms with E-state index in [0.29, 0.717) is 11.1 Å². The summed E-state index contributed by atoms with van der Waals surface area (Å²) in [5.41, 5.74) is 1.34. The number of para-hydroxylation sites is 1. The maximum Gasteiger partial charge on any atom is 0.394 e. The quantitative estimate of drug-likeness (QED) is 0.901. The number of pyridine rings is 1. The fourth-order valence-corrected chi connectivity index (χ4v) is 3.28. The summed E-state index contributed by atoms with van der Waals surface area (Å²) in [6, 6.07) is 9.02. The molecule has 25 heavy (non-hydrogen) atoms. The molecule has 1 aromatic carbocycles. The Morgan fingerprint density at radius 1 is 1.36 bits per heavy atom. The Morgan fingerprint density at radius 2 is 2.04 bits per heavy atom.